The van der Waals surface area contributed by atoms with E-state index < -0.39 is 84.8 Å². The number of anilines is 2. The van der Waals surface area contributed by atoms with Crippen LogP contribution in [0.1, 0.15) is 36.4 Å². The number of pyridine rings is 1. The molecule has 1 aromatic heterocycles. The van der Waals surface area contributed by atoms with E-state index in [4.69, 9.17) is 11.6 Å². The van der Waals surface area contributed by atoms with E-state index in [9.17, 15) is 42.6 Å². The van der Waals surface area contributed by atoms with Gasteiger partial charge in [-0.2, -0.15) is 5.26 Å². The lowest BCUT2D eigenvalue weighted by molar-refractivity contribution is -0.133. The van der Waals surface area contributed by atoms with E-state index in [0.717, 1.165) is 21.9 Å². The molecule has 0 spiro atoms. The molecular weight excluding hydrogens is 594 g/mol. The number of carbonyl (C=O) groups is 2. The Labute approximate surface area is 247 Å². The normalized spacial score (nSPS) is 21.9. The summed E-state index contributed by atoms with van der Waals surface area (Å²) in [6, 6.07) is 8.42. The van der Waals surface area contributed by atoms with Crippen molar-refractivity contribution in [2.45, 2.75) is 55.6 Å². The molecule has 1 unspecified atom stereocenters. The minimum absolute atomic E-state index is 0.0111. The van der Waals surface area contributed by atoms with Gasteiger partial charge in [-0.15, -0.1) is 0 Å². The van der Waals surface area contributed by atoms with Gasteiger partial charge in [-0.05, 0) is 30.3 Å². The Bertz CT molecular complexity index is 1580. The minimum atomic E-state index is -2.99. The lowest BCUT2D eigenvalue weighted by atomic mass is 9.87. The monoisotopic (exact) mass is 617 g/mol. The number of aliphatic hydroxyl groups excluding tert-OH is 2. The molecule has 2 aliphatic rings. The van der Waals surface area contributed by atoms with Crippen molar-refractivity contribution >= 4 is 34.9 Å². The number of halogens is 5. The quantitative estimate of drug-likeness (QED) is 0.344. The molecule has 2 heterocycles. The molecular formula is C29H24ClF4N5O4. The Balaban J connectivity index is 1.64. The van der Waals surface area contributed by atoms with Crippen LogP contribution in [0.25, 0.3) is 0 Å². The van der Waals surface area contributed by atoms with Gasteiger partial charge in [0.2, 0.25) is 5.91 Å². The Morgan fingerprint density at radius 3 is 2.42 bits per heavy atom. The van der Waals surface area contributed by atoms with Crippen LogP contribution in [0.15, 0.2) is 60.8 Å². The molecule has 2 aromatic carbocycles. The van der Waals surface area contributed by atoms with Crippen molar-refractivity contribution in [3.8, 4) is 6.07 Å². The fourth-order valence-corrected chi connectivity index (χ4v) is 5.60. The zero-order valence-corrected chi connectivity index (χ0v) is 22.9. The van der Waals surface area contributed by atoms with E-state index in [2.05, 4.69) is 10.3 Å². The molecule has 2 amide bonds. The van der Waals surface area contributed by atoms with E-state index in [1.807, 2.05) is 6.07 Å². The number of hydrogen-bond acceptors (Lipinski definition) is 7. The van der Waals surface area contributed by atoms with Crippen LogP contribution >= 0.6 is 11.6 Å². The highest BCUT2D eigenvalue weighted by Gasteiger charge is 2.50. The van der Waals surface area contributed by atoms with Gasteiger partial charge in [0.05, 0.1) is 17.3 Å². The summed E-state index contributed by atoms with van der Waals surface area (Å²) in [5.74, 6) is -7.19. The van der Waals surface area contributed by atoms with Crippen molar-refractivity contribution in [1.29, 1.82) is 5.26 Å². The molecule has 3 aromatic rings. The highest BCUT2D eigenvalue weighted by Crippen LogP contribution is 2.40. The Morgan fingerprint density at radius 2 is 1.79 bits per heavy atom. The van der Waals surface area contributed by atoms with E-state index in [1.165, 1.54) is 36.5 Å². The van der Waals surface area contributed by atoms with Gasteiger partial charge in [0.15, 0.2) is 6.23 Å². The summed E-state index contributed by atoms with van der Waals surface area (Å²) in [6.07, 6.45) is -3.64. The fraction of sp³-hybridized carbons (Fsp3) is 0.310. The van der Waals surface area contributed by atoms with Crippen LogP contribution in [0.5, 0.6) is 0 Å². The molecule has 0 bridgehead atoms. The van der Waals surface area contributed by atoms with Gasteiger partial charge in [-0.1, -0.05) is 29.8 Å². The molecule has 1 saturated heterocycles. The molecule has 14 heteroatoms. The minimum Gasteiger partial charge on any atom is -0.388 e. The third kappa shape index (κ3) is 6.13. The molecule has 1 aliphatic carbocycles. The van der Waals surface area contributed by atoms with Crippen LogP contribution in [0, 0.1) is 23.0 Å². The van der Waals surface area contributed by atoms with Gasteiger partial charge in [-0.3, -0.25) is 14.5 Å². The van der Waals surface area contributed by atoms with Crippen LogP contribution in [0.4, 0.5) is 29.1 Å². The molecule has 1 aliphatic heterocycles. The van der Waals surface area contributed by atoms with Crippen molar-refractivity contribution in [3.05, 3.63) is 88.6 Å². The van der Waals surface area contributed by atoms with Crippen LogP contribution in [-0.2, 0) is 9.59 Å². The van der Waals surface area contributed by atoms with Gasteiger partial charge in [0.1, 0.15) is 35.6 Å². The smallest absolute Gasteiger partial charge is 0.252 e. The summed E-state index contributed by atoms with van der Waals surface area (Å²) in [7, 11) is 0. The molecule has 1 saturated carbocycles. The summed E-state index contributed by atoms with van der Waals surface area (Å²) in [4.78, 5) is 34.2. The van der Waals surface area contributed by atoms with Crippen LogP contribution in [0.2, 0.25) is 5.02 Å². The average Bonchev–Trinajstić information content (AvgIpc) is 3.24. The number of nitriles is 1. The zero-order valence-electron chi connectivity index (χ0n) is 22.2. The predicted octanol–water partition coefficient (Wildman–Crippen LogP) is 3.83. The lowest BCUT2D eigenvalue weighted by Crippen LogP contribution is -2.56. The average molecular weight is 618 g/mol. The van der Waals surface area contributed by atoms with E-state index >= 15 is 0 Å². The summed E-state index contributed by atoms with van der Waals surface area (Å²) < 4.78 is 56.3. The van der Waals surface area contributed by atoms with Crippen molar-refractivity contribution < 1.29 is 37.4 Å². The Hall–Kier alpha value is -4.25. The van der Waals surface area contributed by atoms with Crippen molar-refractivity contribution in [1.82, 2.24) is 10.3 Å². The lowest BCUT2D eigenvalue weighted by Gasteiger charge is -2.39. The molecule has 224 valence electrons. The number of nitrogens with zero attached hydrogens (tertiary/aromatic N) is 4. The maximum atomic E-state index is 14.6. The molecule has 5 rings (SSSR count). The number of alkyl halides is 2. The summed E-state index contributed by atoms with van der Waals surface area (Å²) in [6.45, 7) is 0. The van der Waals surface area contributed by atoms with E-state index in [1.54, 1.807) is 6.07 Å². The molecule has 0 radical (unpaired) electrons. The van der Waals surface area contributed by atoms with Gasteiger partial charge < -0.3 is 20.4 Å². The second-order valence-corrected chi connectivity index (χ2v) is 10.8. The van der Waals surface area contributed by atoms with Crippen molar-refractivity contribution in [2.75, 3.05) is 9.80 Å². The fourth-order valence-electron chi connectivity index (χ4n) is 5.36. The largest absolute Gasteiger partial charge is 0.388 e. The zero-order chi connectivity index (χ0) is 31.1. The summed E-state index contributed by atoms with van der Waals surface area (Å²) >= 11 is 6.44. The summed E-state index contributed by atoms with van der Waals surface area (Å²) in [5, 5.41) is 33.2. The third-order valence-corrected chi connectivity index (χ3v) is 7.70. The second-order valence-electron chi connectivity index (χ2n) is 10.4. The number of carbonyl (C=O) groups excluding carboxylic acids is 2. The number of aromatic nitrogens is 1. The molecule has 2 fully saturated rings. The Morgan fingerprint density at radius 1 is 1.12 bits per heavy atom. The number of amides is 2. The van der Waals surface area contributed by atoms with E-state index in [-0.39, 0.29) is 22.0 Å². The highest BCUT2D eigenvalue weighted by atomic mass is 35.5. The first-order valence-corrected chi connectivity index (χ1v) is 13.5. The summed E-state index contributed by atoms with van der Waals surface area (Å²) in [5.41, 5.74) is -0.281. The standard InChI is InChI=1S/C29H24ClF4N5O4/c30-21-4-2-1-3-20(21)25(26(41)37-18-12-29(33,34)13-18)38(19-9-16(31)8-17(32)10-19)27(42)22-11-23(40)28(43)39(22)24-7-15(14-35)5-6-36-24/h1-10,18,22-23,25,28,40,43H,11-13H2,(H,37,41)/t22-,23-,25-,28?/m0/s1. The van der Waals surface area contributed by atoms with Crippen LogP contribution in [0.3, 0.4) is 0 Å². The van der Waals surface area contributed by atoms with Gasteiger partial charge in [-0.25, -0.2) is 22.5 Å². The molecule has 43 heavy (non-hydrogen) atoms. The first-order chi connectivity index (χ1) is 20.4. The van der Waals surface area contributed by atoms with Crippen molar-refractivity contribution in [2.24, 2.45) is 0 Å². The number of aliphatic hydroxyl groups is 2. The van der Waals surface area contributed by atoms with Gasteiger partial charge >= 0.3 is 0 Å². The Kier molecular flexibility index (Phi) is 8.29. The van der Waals surface area contributed by atoms with Crippen LogP contribution < -0.4 is 15.1 Å². The molecule has 3 N–H and O–H groups in total. The number of hydrogen-bond donors (Lipinski definition) is 3. The van der Waals surface area contributed by atoms with Gasteiger partial charge in [0.25, 0.3) is 11.8 Å². The third-order valence-electron chi connectivity index (χ3n) is 7.36. The number of rotatable bonds is 7. The predicted molar refractivity (Wildman–Crippen MR) is 146 cm³/mol. The van der Waals surface area contributed by atoms with Gasteiger partial charge in [0, 0.05) is 48.2 Å². The first-order valence-electron chi connectivity index (χ1n) is 13.1. The second kappa shape index (κ2) is 11.8. The SMILES string of the molecule is N#Cc1ccnc(N2C(O)[C@@H](O)C[C@H]2C(=O)N(c2cc(F)cc(F)c2)[C@H](C(=O)NC2CC(F)(F)C2)c2ccccc2Cl)c1. The number of nitrogens with one attached hydrogen (secondary N) is 1. The molecule has 9 nitrogen and oxygen atoms in total. The molecule has 4 atom stereocenters. The highest BCUT2D eigenvalue weighted by molar-refractivity contribution is 6.31. The van der Waals surface area contributed by atoms with Crippen LogP contribution in [-0.4, -0.2) is 57.3 Å². The maximum absolute atomic E-state index is 14.6. The van der Waals surface area contributed by atoms with E-state index in [0.29, 0.717) is 6.07 Å². The first kappa shape index (κ1) is 30.2. The number of benzene rings is 2. The van der Waals surface area contributed by atoms with Crippen molar-refractivity contribution in [3.63, 3.8) is 0 Å². The topological polar surface area (TPSA) is 130 Å². The maximum Gasteiger partial charge on any atom is 0.252 e.